The molecule has 0 aliphatic heterocycles. The van der Waals surface area contributed by atoms with Gasteiger partial charge in [0.05, 0.1) is 0 Å². The van der Waals surface area contributed by atoms with Gasteiger partial charge in [0, 0.05) is 5.56 Å². The van der Waals surface area contributed by atoms with Gasteiger partial charge in [0.25, 0.3) is 5.79 Å². The van der Waals surface area contributed by atoms with E-state index in [1.165, 1.54) is 36.4 Å². The number of aromatic hydroxyl groups is 2. The van der Waals surface area contributed by atoms with E-state index in [2.05, 4.69) is 0 Å². The predicted octanol–water partition coefficient (Wildman–Crippen LogP) is 0.987. The number of rotatable bonds is 3. The van der Waals surface area contributed by atoms with E-state index >= 15 is 0 Å². The lowest BCUT2D eigenvalue weighted by atomic mass is 9.94. The van der Waals surface area contributed by atoms with Crippen molar-refractivity contribution >= 4 is 5.97 Å². The van der Waals surface area contributed by atoms with Crippen LogP contribution >= 0.6 is 0 Å². The van der Waals surface area contributed by atoms with Crippen molar-refractivity contribution in [3.63, 3.8) is 0 Å². The fraction of sp³-hybridized carbons (Fsp3) is 0.0714. The molecule has 5 N–H and O–H groups in total. The van der Waals surface area contributed by atoms with Gasteiger partial charge in [0.2, 0.25) is 0 Å². The number of phenolic OH excluding ortho intramolecular Hbond substituents is 2. The molecular weight excluding hydrogens is 264 g/mol. The highest BCUT2D eigenvalue weighted by Gasteiger charge is 2.37. The number of aliphatic carboxylic acids is 1. The summed E-state index contributed by atoms with van der Waals surface area (Å²) in [5.41, 5.74) is 0.317. The lowest BCUT2D eigenvalue weighted by Gasteiger charge is -2.20. The second-order valence-corrected chi connectivity index (χ2v) is 4.23. The quantitative estimate of drug-likeness (QED) is 0.421. The van der Waals surface area contributed by atoms with Crippen molar-refractivity contribution in [2.24, 2.45) is 0 Å². The first-order valence-electron chi connectivity index (χ1n) is 5.64. The molecule has 0 atom stereocenters. The molecule has 0 aliphatic rings. The van der Waals surface area contributed by atoms with Gasteiger partial charge < -0.3 is 25.5 Å². The van der Waals surface area contributed by atoms with Crippen LogP contribution in [0.3, 0.4) is 0 Å². The van der Waals surface area contributed by atoms with E-state index in [1.54, 1.807) is 6.07 Å². The van der Waals surface area contributed by atoms with Crippen molar-refractivity contribution in [3.8, 4) is 22.6 Å². The largest absolute Gasteiger partial charge is 0.504 e. The molecule has 104 valence electrons. The standard InChI is InChI=1S/C14H12O6/c15-11-6-5-8(7-12(11)16)9-3-1-2-4-10(9)14(19,20)13(17)18/h1-7,15-16,19-20H,(H,17,18). The number of hydrogen-bond donors (Lipinski definition) is 5. The molecule has 20 heavy (non-hydrogen) atoms. The number of phenols is 2. The number of carbonyl (C=O) groups is 1. The number of benzene rings is 2. The Morgan fingerprint density at radius 3 is 2.20 bits per heavy atom. The van der Waals surface area contributed by atoms with Crippen LogP contribution in [0.2, 0.25) is 0 Å². The van der Waals surface area contributed by atoms with Crippen LogP contribution in [0.1, 0.15) is 5.56 Å². The smallest absolute Gasteiger partial charge is 0.369 e. The summed E-state index contributed by atoms with van der Waals surface area (Å²) in [5.74, 6) is -5.59. The third-order valence-corrected chi connectivity index (χ3v) is 2.89. The van der Waals surface area contributed by atoms with Gasteiger partial charge in [-0.15, -0.1) is 0 Å². The fourth-order valence-electron chi connectivity index (χ4n) is 1.85. The topological polar surface area (TPSA) is 118 Å². The molecule has 0 bridgehead atoms. The van der Waals surface area contributed by atoms with Crippen molar-refractivity contribution in [2.75, 3.05) is 0 Å². The zero-order valence-electron chi connectivity index (χ0n) is 10.2. The van der Waals surface area contributed by atoms with E-state index < -0.39 is 17.5 Å². The molecule has 0 radical (unpaired) electrons. The lowest BCUT2D eigenvalue weighted by Crippen LogP contribution is -2.35. The molecule has 6 heteroatoms. The molecule has 0 amide bonds. The monoisotopic (exact) mass is 276 g/mol. The van der Waals surface area contributed by atoms with Crippen LogP contribution < -0.4 is 0 Å². The van der Waals surface area contributed by atoms with Gasteiger partial charge >= 0.3 is 5.97 Å². The van der Waals surface area contributed by atoms with E-state index in [4.69, 9.17) is 5.11 Å². The average Bonchev–Trinajstić information content (AvgIpc) is 2.41. The zero-order chi connectivity index (χ0) is 14.9. The van der Waals surface area contributed by atoms with Crippen molar-refractivity contribution < 1.29 is 30.3 Å². The average molecular weight is 276 g/mol. The van der Waals surface area contributed by atoms with Crippen molar-refractivity contribution in [1.82, 2.24) is 0 Å². The summed E-state index contributed by atoms with van der Waals surface area (Å²) in [6, 6.07) is 9.62. The molecule has 2 rings (SSSR count). The Morgan fingerprint density at radius 2 is 1.60 bits per heavy atom. The highest BCUT2D eigenvalue weighted by atomic mass is 16.5. The minimum atomic E-state index is -3.05. The molecule has 6 nitrogen and oxygen atoms in total. The molecule has 0 saturated carbocycles. The van der Waals surface area contributed by atoms with Gasteiger partial charge in [-0.2, -0.15) is 0 Å². The van der Waals surface area contributed by atoms with Crippen LogP contribution in [0, 0.1) is 0 Å². The maximum atomic E-state index is 10.9. The third-order valence-electron chi connectivity index (χ3n) is 2.89. The second kappa shape index (κ2) is 4.84. The maximum absolute atomic E-state index is 10.9. The Morgan fingerprint density at radius 1 is 0.950 bits per heavy atom. The first kappa shape index (κ1) is 13.9. The predicted molar refractivity (Wildman–Crippen MR) is 69.0 cm³/mol. The first-order chi connectivity index (χ1) is 9.34. The molecule has 0 saturated heterocycles. The lowest BCUT2D eigenvalue weighted by molar-refractivity contribution is -0.207. The second-order valence-electron chi connectivity index (χ2n) is 4.23. The summed E-state index contributed by atoms with van der Waals surface area (Å²) >= 11 is 0. The van der Waals surface area contributed by atoms with Crippen molar-refractivity contribution in [2.45, 2.75) is 5.79 Å². The Balaban J connectivity index is 2.64. The number of carboxylic acid groups (broad SMARTS) is 1. The summed E-state index contributed by atoms with van der Waals surface area (Å²) in [6.45, 7) is 0. The van der Waals surface area contributed by atoms with Crippen LogP contribution in [-0.4, -0.2) is 31.5 Å². The zero-order valence-corrected chi connectivity index (χ0v) is 10.2. The Hall–Kier alpha value is -2.57. The summed E-state index contributed by atoms with van der Waals surface area (Å²) < 4.78 is 0. The van der Waals surface area contributed by atoms with Crippen molar-refractivity contribution in [3.05, 3.63) is 48.0 Å². The van der Waals surface area contributed by atoms with Gasteiger partial charge in [0.15, 0.2) is 11.5 Å². The Kier molecular flexibility index (Phi) is 3.35. The van der Waals surface area contributed by atoms with E-state index in [0.717, 1.165) is 0 Å². The molecular formula is C14H12O6. The van der Waals surface area contributed by atoms with E-state index in [1.807, 2.05) is 0 Å². The summed E-state index contributed by atoms with van der Waals surface area (Å²) in [7, 11) is 0. The van der Waals surface area contributed by atoms with Gasteiger partial charge in [-0.25, -0.2) is 4.79 Å². The SMILES string of the molecule is O=C(O)C(O)(O)c1ccccc1-c1ccc(O)c(O)c1. The van der Waals surface area contributed by atoms with Crippen LogP contribution in [0.25, 0.3) is 11.1 Å². The van der Waals surface area contributed by atoms with Gasteiger partial charge in [-0.3, -0.25) is 0 Å². The maximum Gasteiger partial charge on any atom is 0.369 e. The summed E-state index contributed by atoms with van der Waals surface area (Å²) in [5, 5.41) is 47.0. The van der Waals surface area contributed by atoms with Gasteiger partial charge in [-0.1, -0.05) is 30.3 Å². The third kappa shape index (κ3) is 2.29. The van der Waals surface area contributed by atoms with E-state index in [9.17, 15) is 25.2 Å². The van der Waals surface area contributed by atoms with Crippen LogP contribution in [0.5, 0.6) is 11.5 Å². The van der Waals surface area contributed by atoms with Crippen LogP contribution in [0.15, 0.2) is 42.5 Å². The summed E-state index contributed by atoms with van der Waals surface area (Å²) in [6.07, 6.45) is 0. The number of carboxylic acids is 1. The van der Waals surface area contributed by atoms with E-state index in [-0.39, 0.29) is 16.9 Å². The number of hydrogen-bond acceptors (Lipinski definition) is 5. The molecule has 2 aromatic carbocycles. The van der Waals surface area contributed by atoms with Gasteiger partial charge in [-0.05, 0) is 23.3 Å². The minimum Gasteiger partial charge on any atom is -0.504 e. The molecule has 0 spiro atoms. The van der Waals surface area contributed by atoms with Crippen molar-refractivity contribution in [1.29, 1.82) is 0 Å². The Bertz CT molecular complexity index is 662. The minimum absolute atomic E-state index is 0.218. The number of aliphatic hydroxyl groups is 2. The molecule has 0 aliphatic carbocycles. The first-order valence-corrected chi connectivity index (χ1v) is 5.64. The van der Waals surface area contributed by atoms with Gasteiger partial charge in [0.1, 0.15) is 0 Å². The van der Waals surface area contributed by atoms with Crippen LogP contribution in [-0.2, 0) is 10.6 Å². The highest BCUT2D eigenvalue weighted by molar-refractivity contribution is 5.82. The summed E-state index contributed by atoms with van der Waals surface area (Å²) in [4.78, 5) is 10.9. The molecule has 2 aromatic rings. The molecule has 0 unspecified atom stereocenters. The molecule has 0 aromatic heterocycles. The molecule has 0 fully saturated rings. The normalized spacial score (nSPS) is 11.3. The fourth-order valence-corrected chi connectivity index (χ4v) is 1.85. The van der Waals surface area contributed by atoms with E-state index in [0.29, 0.717) is 5.56 Å². The van der Waals surface area contributed by atoms with Crippen LogP contribution in [0.4, 0.5) is 0 Å². The molecule has 0 heterocycles. The highest BCUT2D eigenvalue weighted by Crippen LogP contribution is 2.35. The Labute approximate surface area is 113 Å².